The van der Waals surface area contributed by atoms with Crippen molar-refractivity contribution in [2.45, 2.75) is 27.7 Å². The summed E-state index contributed by atoms with van der Waals surface area (Å²) >= 11 is 3.50. The van der Waals surface area contributed by atoms with Crippen molar-refractivity contribution in [1.29, 1.82) is 0 Å². The van der Waals surface area contributed by atoms with Crippen LogP contribution in [0.3, 0.4) is 0 Å². The quantitative estimate of drug-likeness (QED) is 0.189. The number of benzene rings is 3. The lowest BCUT2D eigenvalue weighted by Gasteiger charge is -2.07. The van der Waals surface area contributed by atoms with E-state index in [-0.39, 0.29) is 0 Å². The molecule has 0 bridgehead atoms. The van der Waals surface area contributed by atoms with E-state index in [0.717, 1.165) is 71.3 Å². The molecule has 11 aromatic rings. The Balaban J connectivity index is 1.30. The van der Waals surface area contributed by atoms with Crippen molar-refractivity contribution < 1.29 is 17.7 Å². The highest BCUT2D eigenvalue weighted by Gasteiger charge is 2.29. The van der Waals surface area contributed by atoms with Crippen molar-refractivity contribution in [2.24, 2.45) is 0 Å². The van der Waals surface area contributed by atoms with Crippen LogP contribution in [0, 0.1) is 27.7 Å². The van der Waals surface area contributed by atoms with E-state index in [4.69, 9.17) is 17.7 Å². The second-order valence-electron chi connectivity index (χ2n) is 12.4. The number of furan rings is 4. The Bertz CT molecular complexity index is 3050. The Morgan fingerprint density at radius 2 is 1.04 bits per heavy atom. The number of rotatable bonds is 2. The van der Waals surface area contributed by atoms with Gasteiger partial charge in [-0.1, -0.05) is 35.4 Å². The first kappa shape index (κ1) is 25.1. The van der Waals surface area contributed by atoms with Gasteiger partial charge < -0.3 is 26.8 Å². The van der Waals surface area contributed by atoms with E-state index in [1.165, 1.54) is 31.1 Å². The second-order valence-corrected chi connectivity index (χ2v) is 14.9. The fourth-order valence-corrected chi connectivity index (χ4v) is 9.17. The molecule has 222 valence electrons. The fourth-order valence-electron chi connectivity index (χ4n) is 7.23. The Hall–Kier alpha value is -5.18. The highest BCUT2D eigenvalue weighted by molar-refractivity contribution is 7.20. The number of hydrogen-bond acceptors (Lipinski definition) is 6. The molecular weight excluding hydrogens is 613 g/mol. The molecule has 0 aliphatic rings. The van der Waals surface area contributed by atoms with Gasteiger partial charge in [0.15, 0.2) is 16.7 Å². The topological polar surface area (TPSA) is 62.4 Å². The SMILES string of the molecule is Cc1ccc(-n2c3cc(C)sc3c3c2c2oc4cc5c(cc4c2n3-c2ccc(C)cc2)oc2c5oc3c2oc2cc(C)sc23)cc1. The van der Waals surface area contributed by atoms with Crippen LogP contribution in [0.15, 0.2) is 90.5 Å². The van der Waals surface area contributed by atoms with Crippen LogP contribution in [0.2, 0.25) is 0 Å². The molecule has 11 rings (SSSR count). The molecule has 0 radical (unpaired) electrons. The van der Waals surface area contributed by atoms with Gasteiger partial charge in [0, 0.05) is 26.5 Å². The fraction of sp³-hybridized carbons (Fsp3) is 0.105. The Morgan fingerprint density at radius 1 is 0.457 bits per heavy atom. The van der Waals surface area contributed by atoms with Crippen LogP contribution in [0.1, 0.15) is 20.9 Å². The van der Waals surface area contributed by atoms with Gasteiger partial charge in [0.05, 0.1) is 21.1 Å². The smallest absolute Gasteiger partial charge is 0.218 e. The molecule has 46 heavy (non-hydrogen) atoms. The zero-order chi connectivity index (χ0) is 30.6. The zero-order valence-electron chi connectivity index (χ0n) is 25.3. The molecule has 8 heteroatoms. The number of aromatic nitrogens is 2. The molecule has 0 amide bonds. The maximum Gasteiger partial charge on any atom is 0.218 e. The summed E-state index contributed by atoms with van der Waals surface area (Å²) in [7, 11) is 0. The van der Waals surface area contributed by atoms with Crippen LogP contribution in [0.5, 0.6) is 0 Å². The molecule has 0 fully saturated rings. The second kappa shape index (κ2) is 8.34. The summed E-state index contributed by atoms with van der Waals surface area (Å²) in [4.78, 5) is 2.45. The molecule has 0 unspecified atom stereocenters. The van der Waals surface area contributed by atoms with Crippen molar-refractivity contribution in [1.82, 2.24) is 9.13 Å². The third-order valence-electron chi connectivity index (χ3n) is 9.27. The third kappa shape index (κ3) is 3.05. The number of fused-ring (bicyclic) bond motifs is 14. The van der Waals surface area contributed by atoms with Gasteiger partial charge in [-0.3, -0.25) is 0 Å². The maximum absolute atomic E-state index is 6.92. The minimum absolute atomic E-state index is 0.635. The lowest BCUT2D eigenvalue weighted by atomic mass is 10.1. The van der Waals surface area contributed by atoms with Gasteiger partial charge >= 0.3 is 0 Å². The molecule has 0 saturated carbocycles. The van der Waals surface area contributed by atoms with Crippen molar-refractivity contribution >= 4 is 110 Å². The normalized spacial score (nSPS) is 12.8. The predicted octanol–water partition coefficient (Wildman–Crippen LogP) is 12.2. The molecule has 6 nitrogen and oxygen atoms in total. The van der Waals surface area contributed by atoms with Gasteiger partial charge in [0.2, 0.25) is 11.2 Å². The summed E-state index contributed by atoms with van der Waals surface area (Å²) in [6.07, 6.45) is 0. The van der Waals surface area contributed by atoms with E-state index in [1.807, 2.05) is 17.4 Å². The zero-order valence-corrected chi connectivity index (χ0v) is 26.9. The van der Waals surface area contributed by atoms with E-state index < -0.39 is 0 Å². The number of aryl methyl sites for hydroxylation is 4. The highest BCUT2D eigenvalue weighted by Crippen LogP contribution is 2.49. The number of thiophene rings is 2. The summed E-state index contributed by atoms with van der Waals surface area (Å²) in [5.41, 5.74) is 15.0. The first-order chi connectivity index (χ1) is 22.4. The van der Waals surface area contributed by atoms with Gasteiger partial charge in [-0.15, -0.1) is 22.7 Å². The molecule has 8 heterocycles. The van der Waals surface area contributed by atoms with Crippen molar-refractivity contribution in [3.63, 3.8) is 0 Å². The predicted molar refractivity (Wildman–Crippen MR) is 189 cm³/mol. The van der Waals surface area contributed by atoms with Gasteiger partial charge in [-0.25, -0.2) is 0 Å². The first-order valence-corrected chi connectivity index (χ1v) is 16.9. The highest BCUT2D eigenvalue weighted by atomic mass is 32.1. The van der Waals surface area contributed by atoms with E-state index in [9.17, 15) is 0 Å². The molecule has 0 atom stereocenters. The van der Waals surface area contributed by atoms with E-state index in [0.29, 0.717) is 16.7 Å². The van der Waals surface area contributed by atoms with Crippen molar-refractivity contribution in [3.8, 4) is 11.4 Å². The molecular formula is C38H24N2O4S2. The van der Waals surface area contributed by atoms with E-state index in [1.54, 1.807) is 11.3 Å². The third-order valence-corrected chi connectivity index (χ3v) is 11.3. The van der Waals surface area contributed by atoms with Gasteiger partial charge in [-0.05, 0) is 76.2 Å². The van der Waals surface area contributed by atoms with E-state index in [2.05, 4.69) is 104 Å². The summed E-state index contributed by atoms with van der Waals surface area (Å²) in [6, 6.07) is 26.0. The lowest BCUT2D eigenvalue weighted by molar-refractivity contribution is 0.634. The molecule has 0 saturated heterocycles. The lowest BCUT2D eigenvalue weighted by Crippen LogP contribution is -1.93. The van der Waals surface area contributed by atoms with Crippen molar-refractivity contribution in [2.75, 3.05) is 0 Å². The summed E-state index contributed by atoms with van der Waals surface area (Å²) in [6.45, 7) is 8.50. The van der Waals surface area contributed by atoms with Crippen LogP contribution in [0.4, 0.5) is 0 Å². The summed E-state index contributed by atoms with van der Waals surface area (Å²) < 4.78 is 33.1. The number of nitrogens with zero attached hydrogens (tertiary/aromatic N) is 2. The van der Waals surface area contributed by atoms with Gasteiger partial charge in [0.1, 0.15) is 32.5 Å². The standard InChI is InChI=1S/C38H24N2O4S2/c1-17-5-9-21(10-6-17)39-25-13-19(3)45-37(25)31-30(39)33-29(40(31)22-11-7-18(2)8-12-22)23-15-27-24(16-26(23)41-33)32-34(42-27)35-36(44-32)38-28(43-35)14-20(4)46-38/h5-16H,1-4H3. The molecule has 0 aliphatic heterocycles. The average Bonchev–Trinajstić information content (AvgIpc) is 3.88. The van der Waals surface area contributed by atoms with Crippen LogP contribution in [-0.4, -0.2) is 9.13 Å². The number of hydrogen-bond donors (Lipinski definition) is 0. The molecule has 0 spiro atoms. The molecule has 3 aromatic carbocycles. The molecule has 0 N–H and O–H groups in total. The average molecular weight is 637 g/mol. The Labute approximate surface area is 268 Å². The van der Waals surface area contributed by atoms with Gasteiger partial charge in [-0.2, -0.15) is 0 Å². The van der Waals surface area contributed by atoms with Crippen LogP contribution in [-0.2, 0) is 0 Å². The monoisotopic (exact) mass is 636 g/mol. The largest absolute Gasteiger partial charge is 0.452 e. The maximum atomic E-state index is 6.92. The Morgan fingerprint density at radius 3 is 1.80 bits per heavy atom. The van der Waals surface area contributed by atoms with Crippen LogP contribution < -0.4 is 0 Å². The van der Waals surface area contributed by atoms with E-state index >= 15 is 0 Å². The first-order valence-electron chi connectivity index (χ1n) is 15.2. The minimum Gasteiger partial charge on any atom is -0.452 e. The molecule has 8 aromatic heterocycles. The minimum atomic E-state index is 0.635. The summed E-state index contributed by atoms with van der Waals surface area (Å²) in [5.74, 6) is 0. The summed E-state index contributed by atoms with van der Waals surface area (Å²) in [5, 5.41) is 1.86. The van der Waals surface area contributed by atoms with Gasteiger partial charge in [0.25, 0.3) is 0 Å². The Kier molecular flexibility index (Phi) is 4.54. The molecule has 0 aliphatic carbocycles. The van der Waals surface area contributed by atoms with Crippen molar-refractivity contribution in [3.05, 3.63) is 93.7 Å². The van der Waals surface area contributed by atoms with Crippen LogP contribution in [0.25, 0.3) is 98.3 Å². The van der Waals surface area contributed by atoms with Crippen LogP contribution >= 0.6 is 22.7 Å².